The van der Waals surface area contributed by atoms with E-state index in [1.165, 1.54) is 17.7 Å². The van der Waals surface area contributed by atoms with Crippen LogP contribution in [0.1, 0.15) is 32.6 Å². The molecule has 0 saturated carbocycles. The van der Waals surface area contributed by atoms with E-state index in [2.05, 4.69) is 19.1 Å². The number of thioether (sulfide) groups is 1. The van der Waals surface area contributed by atoms with Crippen LogP contribution in [0.15, 0.2) is 29.2 Å². The van der Waals surface area contributed by atoms with Crippen LogP contribution in [-0.4, -0.2) is 18.2 Å². The molecule has 1 aliphatic rings. The summed E-state index contributed by atoms with van der Waals surface area (Å²) in [6.45, 7) is 3.05. The minimum Gasteiger partial charge on any atom is -0.311 e. The minimum atomic E-state index is 0.276. The van der Waals surface area contributed by atoms with E-state index in [9.17, 15) is 4.79 Å². The normalized spacial score (nSPS) is 15.6. The van der Waals surface area contributed by atoms with Gasteiger partial charge in [0.2, 0.25) is 5.91 Å². The molecular weight excluding hydrogens is 230 g/mol. The van der Waals surface area contributed by atoms with Crippen LogP contribution in [0.4, 0.5) is 5.69 Å². The molecule has 17 heavy (non-hydrogen) atoms. The van der Waals surface area contributed by atoms with Crippen LogP contribution < -0.4 is 4.90 Å². The van der Waals surface area contributed by atoms with Gasteiger partial charge in [-0.1, -0.05) is 31.9 Å². The van der Waals surface area contributed by atoms with Gasteiger partial charge in [0.25, 0.3) is 0 Å². The van der Waals surface area contributed by atoms with Gasteiger partial charge in [0, 0.05) is 23.6 Å². The van der Waals surface area contributed by atoms with Gasteiger partial charge < -0.3 is 4.90 Å². The summed E-state index contributed by atoms with van der Waals surface area (Å²) in [5.74, 6) is 1.18. The number of unbranched alkanes of at least 4 members (excludes halogenated alkanes) is 2. The van der Waals surface area contributed by atoms with Crippen molar-refractivity contribution in [1.29, 1.82) is 0 Å². The molecule has 1 amide bonds. The molecule has 3 heteroatoms. The Morgan fingerprint density at radius 2 is 2.12 bits per heavy atom. The zero-order valence-electron chi connectivity index (χ0n) is 10.3. The number of anilines is 1. The van der Waals surface area contributed by atoms with Gasteiger partial charge in [-0.05, 0) is 18.6 Å². The van der Waals surface area contributed by atoms with Crippen LogP contribution >= 0.6 is 11.8 Å². The second-order valence-electron chi connectivity index (χ2n) is 4.32. The van der Waals surface area contributed by atoms with Crippen molar-refractivity contribution in [2.24, 2.45) is 0 Å². The molecule has 0 atom stereocenters. The topological polar surface area (TPSA) is 20.3 Å². The van der Waals surface area contributed by atoms with Crippen LogP contribution in [-0.2, 0) is 4.79 Å². The number of carbonyl (C=O) groups excluding carboxylic acids is 1. The van der Waals surface area contributed by atoms with Crippen molar-refractivity contribution in [3.8, 4) is 0 Å². The second kappa shape index (κ2) is 6.10. The Labute approximate surface area is 107 Å². The molecule has 0 aromatic heterocycles. The van der Waals surface area contributed by atoms with Gasteiger partial charge in [-0.3, -0.25) is 4.79 Å². The smallest absolute Gasteiger partial charge is 0.227 e. The lowest BCUT2D eigenvalue weighted by molar-refractivity contribution is -0.118. The van der Waals surface area contributed by atoms with Crippen molar-refractivity contribution in [3.63, 3.8) is 0 Å². The number of carbonyl (C=O) groups is 1. The van der Waals surface area contributed by atoms with Crippen LogP contribution in [0, 0.1) is 0 Å². The molecule has 2 nitrogen and oxygen atoms in total. The summed E-state index contributed by atoms with van der Waals surface area (Å²) < 4.78 is 0. The lowest BCUT2D eigenvalue weighted by Gasteiger charge is -2.22. The van der Waals surface area contributed by atoms with Crippen molar-refractivity contribution >= 4 is 23.4 Å². The van der Waals surface area contributed by atoms with Gasteiger partial charge in [-0.2, -0.15) is 0 Å². The van der Waals surface area contributed by atoms with E-state index in [0.717, 1.165) is 24.4 Å². The monoisotopic (exact) mass is 249 g/mol. The molecule has 1 aliphatic heterocycles. The summed E-state index contributed by atoms with van der Waals surface area (Å²) in [5.41, 5.74) is 1.11. The summed E-state index contributed by atoms with van der Waals surface area (Å²) >= 11 is 1.79. The Bertz CT molecular complexity index is 392. The maximum absolute atomic E-state index is 12.1. The fourth-order valence-corrected chi connectivity index (χ4v) is 3.08. The second-order valence-corrected chi connectivity index (χ2v) is 5.46. The number of rotatable bonds is 4. The maximum atomic E-state index is 12.1. The predicted octanol–water partition coefficient (Wildman–Crippen LogP) is 3.71. The van der Waals surface area contributed by atoms with Crippen molar-refractivity contribution in [1.82, 2.24) is 0 Å². The van der Waals surface area contributed by atoms with Crippen molar-refractivity contribution in [2.75, 3.05) is 17.2 Å². The highest BCUT2D eigenvalue weighted by atomic mass is 32.2. The first-order chi connectivity index (χ1) is 8.33. The van der Waals surface area contributed by atoms with E-state index in [4.69, 9.17) is 0 Å². The highest BCUT2D eigenvalue weighted by molar-refractivity contribution is 7.99. The molecular formula is C14H19NOS. The molecule has 1 aromatic rings. The first kappa shape index (κ1) is 12.5. The lowest BCUT2D eigenvalue weighted by atomic mass is 10.2. The summed E-state index contributed by atoms with van der Waals surface area (Å²) in [6, 6.07) is 8.25. The molecule has 0 fully saturated rings. The van der Waals surface area contributed by atoms with Gasteiger partial charge in [-0.25, -0.2) is 0 Å². The average molecular weight is 249 g/mol. The third-order valence-corrected chi connectivity index (χ3v) is 4.08. The number of fused-ring (bicyclic) bond motifs is 1. The SMILES string of the molecule is CCCCCN1C(=O)CCSc2ccccc21. The number of benzene rings is 1. The zero-order chi connectivity index (χ0) is 12.1. The Morgan fingerprint density at radius 1 is 1.29 bits per heavy atom. The first-order valence-electron chi connectivity index (χ1n) is 6.35. The zero-order valence-corrected chi connectivity index (χ0v) is 11.1. The predicted molar refractivity (Wildman–Crippen MR) is 73.7 cm³/mol. The van der Waals surface area contributed by atoms with E-state index in [1.807, 2.05) is 17.0 Å². The fraction of sp³-hybridized carbons (Fsp3) is 0.500. The molecule has 1 heterocycles. The van der Waals surface area contributed by atoms with E-state index in [1.54, 1.807) is 11.8 Å². The van der Waals surface area contributed by atoms with E-state index in [0.29, 0.717) is 6.42 Å². The minimum absolute atomic E-state index is 0.276. The average Bonchev–Trinajstić information content (AvgIpc) is 2.50. The highest BCUT2D eigenvalue weighted by Crippen LogP contribution is 2.34. The molecule has 0 bridgehead atoms. The molecule has 1 aromatic carbocycles. The van der Waals surface area contributed by atoms with Crippen LogP contribution in [0.25, 0.3) is 0 Å². The standard InChI is InChI=1S/C14H19NOS/c1-2-3-6-10-15-12-7-4-5-8-13(12)17-11-9-14(15)16/h4-5,7-8H,2-3,6,9-11H2,1H3. The number of para-hydroxylation sites is 1. The molecule has 92 valence electrons. The largest absolute Gasteiger partial charge is 0.311 e. The third-order valence-electron chi connectivity index (χ3n) is 3.02. The molecule has 0 unspecified atom stereocenters. The third kappa shape index (κ3) is 3.03. The van der Waals surface area contributed by atoms with Gasteiger partial charge in [0.1, 0.15) is 0 Å². The Kier molecular flexibility index (Phi) is 4.49. The highest BCUT2D eigenvalue weighted by Gasteiger charge is 2.21. The Morgan fingerprint density at radius 3 is 2.94 bits per heavy atom. The Hall–Kier alpha value is -0.960. The fourth-order valence-electron chi connectivity index (χ4n) is 2.08. The van der Waals surface area contributed by atoms with E-state index >= 15 is 0 Å². The van der Waals surface area contributed by atoms with Crippen LogP contribution in [0.3, 0.4) is 0 Å². The van der Waals surface area contributed by atoms with Gasteiger partial charge in [0.15, 0.2) is 0 Å². The van der Waals surface area contributed by atoms with Crippen LogP contribution in [0.2, 0.25) is 0 Å². The lowest BCUT2D eigenvalue weighted by Crippen LogP contribution is -2.31. The summed E-state index contributed by atoms with van der Waals surface area (Å²) in [7, 11) is 0. The molecule has 2 rings (SSSR count). The molecule has 0 aliphatic carbocycles. The number of nitrogens with zero attached hydrogens (tertiary/aromatic N) is 1. The van der Waals surface area contributed by atoms with Gasteiger partial charge in [-0.15, -0.1) is 11.8 Å². The Balaban J connectivity index is 2.18. The summed E-state index contributed by atoms with van der Waals surface area (Å²) in [6.07, 6.45) is 4.14. The summed E-state index contributed by atoms with van der Waals surface area (Å²) in [5, 5.41) is 0. The van der Waals surface area contributed by atoms with Crippen molar-refractivity contribution in [2.45, 2.75) is 37.5 Å². The van der Waals surface area contributed by atoms with E-state index in [-0.39, 0.29) is 5.91 Å². The number of amides is 1. The molecule has 0 radical (unpaired) electrons. The summed E-state index contributed by atoms with van der Waals surface area (Å²) in [4.78, 5) is 15.3. The quantitative estimate of drug-likeness (QED) is 0.758. The maximum Gasteiger partial charge on any atom is 0.227 e. The van der Waals surface area contributed by atoms with Crippen LogP contribution in [0.5, 0.6) is 0 Å². The first-order valence-corrected chi connectivity index (χ1v) is 7.33. The van der Waals surface area contributed by atoms with E-state index < -0.39 is 0 Å². The molecule has 0 spiro atoms. The van der Waals surface area contributed by atoms with Crippen molar-refractivity contribution < 1.29 is 4.79 Å². The van der Waals surface area contributed by atoms with Gasteiger partial charge >= 0.3 is 0 Å². The molecule has 0 saturated heterocycles. The number of hydrogen-bond donors (Lipinski definition) is 0. The van der Waals surface area contributed by atoms with Crippen molar-refractivity contribution in [3.05, 3.63) is 24.3 Å². The molecule has 0 N–H and O–H groups in total. The number of hydrogen-bond acceptors (Lipinski definition) is 2. The van der Waals surface area contributed by atoms with Gasteiger partial charge in [0.05, 0.1) is 5.69 Å².